The molecule has 3 aromatic carbocycles. The van der Waals surface area contributed by atoms with E-state index in [1.165, 1.54) is 10.8 Å². The van der Waals surface area contributed by atoms with Gasteiger partial charge in [0.05, 0.1) is 5.52 Å². The van der Waals surface area contributed by atoms with Crippen LogP contribution in [0.2, 0.25) is 0 Å². The van der Waals surface area contributed by atoms with E-state index >= 15 is 0 Å². The second-order valence-electron chi connectivity index (χ2n) is 5.46. The largest absolute Gasteiger partial charge is 0.354 e. The lowest BCUT2D eigenvalue weighted by molar-refractivity contribution is -0.104. The number of aldehydes is 1. The smallest absolute Gasteiger partial charge is 0.225 e. The van der Waals surface area contributed by atoms with Gasteiger partial charge in [0.1, 0.15) is 0 Å². The van der Waals surface area contributed by atoms with Crippen molar-refractivity contribution in [3.05, 3.63) is 72.3 Å². The molecule has 0 aliphatic carbocycles. The van der Waals surface area contributed by atoms with Gasteiger partial charge in [-0.15, -0.1) is 0 Å². The monoisotopic (exact) mass is 299 g/mol. The summed E-state index contributed by atoms with van der Waals surface area (Å²) in [5.74, 6) is -0.500. The summed E-state index contributed by atoms with van der Waals surface area (Å²) in [5.41, 5.74) is 4.66. The Hall–Kier alpha value is -3.20. The number of aromatic amines is 1. The molecule has 0 atom stereocenters. The Bertz CT molecular complexity index is 1040. The molecular weight excluding hydrogens is 286 g/mol. The van der Waals surface area contributed by atoms with Crippen molar-refractivity contribution in [3.63, 3.8) is 0 Å². The molecule has 0 aliphatic heterocycles. The Morgan fingerprint density at radius 3 is 2.35 bits per heavy atom. The molecule has 0 spiro atoms. The zero-order valence-electron chi connectivity index (χ0n) is 12.2. The first-order chi connectivity index (χ1) is 11.3. The van der Waals surface area contributed by atoms with Crippen molar-refractivity contribution in [1.29, 1.82) is 0 Å². The van der Waals surface area contributed by atoms with Crippen LogP contribution in [0.5, 0.6) is 0 Å². The number of carbonyl (C=O) groups is 2. The quantitative estimate of drug-likeness (QED) is 0.347. The predicted octanol–water partition coefficient (Wildman–Crippen LogP) is 4.37. The van der Waals surface area contributed by atoms with Gasteiger partial charge in [0.2, 0.25) is 5.78 Å². The molecule has 3 heteroatoms. The summed E-state index contributed by atoms with van der Waals surface area (Å²) in [5, 5.41) is 2.36. The van der Waals surface area contributed by atoms with E-state index < -0.39 is 5.78 Å². The fourth-order valence-electron chi connectivity index (χ4n) is 3.00. The maximum absolute atomic E-state index is 11.4. The zero-order valence-corrected chi connectivity index (χ0v) is 12.2. The molecule has 110 valence electrons. The SMILES string of the molecule is O=CC(=O)c1ccc(-c2cccc3c2[nH]c2ccccc23)cc1. The van der Waals surface area contributed by atoms with Gasteiger partial charge in [-0.3, -0.25) is 9.59 Å². The Morgan fingerprint density at radius 1 is 0.826 bits per heavy atom. The van der Waals surface area contributed by atoms with Crippen LogP contribution in [0.3, 0.4) is 0 Å². The number of H-pyrrole nitrogens is 1. The van der Waals surface area contributed by atoms with Gasteiger partial charge < -0.3 is 4.98 Å². The van der Waals surface area contributed by atoms with Crippen LogP contribution < -0.4 is 0 Å². The molecular formula is C20H13NO2. The van der Waals surface area contributed by atoms with Crippen LogP contribution >= 0.6 is 0 Å². The fraction of sp³-hybridized carbons (Fsp3) is 0. The molecule has 0 aliphatic rings. The highest BCUT2D eigenvalue weighted by Crippen LogP contribution is 2.33. The molecule has 1 heterocycles. The van der Waals surface area contributed by atoms with Gasteiger partial charge in [0.25, 0.3) is 0 Å². The van der Waals surface area contributed by atoms with Gasteiger partial charge in [-0.05, 0) is 11.6 Å². The number of benzene rings is 3. The van der Waals surface area contributed by atoms with Crippen LogP contribution in [0, 0.1) is 0 Å². The van der Waals surface area contributed by atoms with Gasteiger partial charge in [0, 0.05) is 27.4 Å². The summed E-state index contributed by atoms with van der Waals surface area (Å²) < 4.78 is 0. The average Bonchev–Trinajstić information content (AvgIpc) is 3.00. The molecule has 1 N–H and O–H groups in total. The first-order valence-electron chi connectivity index (χ1n) is 7.37. The van der Waals surface area contributed by atoms with Gasteiger partial charge >= 0.3 is 0 Å². The summed E-state index contributed by atoms with van der Waals surface area (Å²) in [6, 6.07) is 21.5. The van der Waals surface area contributed by atoms with E-state index in [9.17, 15) is 9.59 Å². The van der Waals surface area contributed by atoms with E-state index in [1.807, 2.05) is 36.4 Å². The van der Waals surface area contributed by atoms with Crippen LogP contribution in [0.4, 0.5) is 0 Å². The summed E-state index contributed by atoms with van der Waals surface area (Å²) in [6.45, 7) is 0. The first kappa shape index (κ1) is 13.5. The maximum Gasteiger partial charge on any atom is 0.225 e. The number of ketones is 1. The van der Waals surface area contributed by atoms with Gasteiger partial charge in [-0.2, -0.15) is 0 Å². The minimum atomic E-state index is -0.500. The van der Waals surface area contributed by atoms with Crippen LogP contribution in [-0.4, -0.2) is 17.1 Å². The molecule has 4 aromatic rings. The molecule has 0 amide bonds. The van der Waals surface area contributed by atoms with Gasteiger partial charge in [0.15, 0.2) is 6.29 Å². The summed E-state index contributed by atoms with van der Waals surface area (Å²) in [7, 11) is 0. The summed E-state index contributed by atoms with van der Waals surface area (Å²) in [6.07, 6.45) is 0.341. The molecule has 0 saturated heterocycles. The number of aromatic nitrogens is 1. The standard InChI is InChI=1S/C20H13NO2/c22-12-19(23)14-10-8-13(9-11-14)15-5-3-6-17-16-4-1-2-7-18(16)21-20(15)17/h1-12,21H. The Kier molecular flexibility index (Phi) is 3.05. The molecule has 1 aromatic heterocycles. The fourth-order valence-corrected chi connectivity index (χ4v) is 3.00. The lowest BCUT2D eigenvalue weighted by atomic mass is 10.00. The van der Waals surface area contributed by atoms with Crippen molar-refractivity contribution in [1.82, 2.24) is 4.98 Å². The molecule has 4 rings (SSSR count). The lowest BCUT2D eigenvalue weighted by Crippen LogP contribution is -1.98. The molecule has 0 fully saturated rings. The highest BCUT2D eigenvalue weighted by Gasteiger charge is 2.10. The molecule has 0 unspecified atom stereocenters. The predicted molar refractivity (Wildman–Crippen MR) is 91.6 cm³/mol. The van der Waals surface area contributed by atoms with Crippen molar-refractivity contribution < 1.29 is 9.59 Å². The van der Waals surface area contributed by atoms with Crippen molar-refractivity contribution in [2.24, 2.45) is 0 Å². The van der Waals surface area contributed by atoms with E-state index in [2.05, 4.69) is 23.2 Å². The zero-order chi connectivity index (χ0) is 15.8. The number of carbonyl (C=O) groups excluding carboxylic acids is 2. The third-order valence-electron chi connectivity index (χ3n) is 4.13. The van der Waals surface area contributed by atoms with Gasteiger partial charge in [-0.25, -0.2) is 0 Å². The third-order valence-corrected chi connectivity index (χ3v) is 4.13. The minimum Gasteiger partial charge on any atom is -0.354 e. The van der Waals surface area contributed by atoms with E-state index in [-0.39, 0.29) is 0 Å². The number of Topliss-reactive ketones (excluding diaryl/α,β-unsaturated/α-hetero) is 1. The number of hydrogen-bond acceptors (Lipinski definition) is 2. The van der Waals surface area contributed by atoms with E-state index in [0.29, 0.717) is 11.8 Å². The molecule has 0 radical (unpaired) electrons. The van der Waals surface area contributed by atoms with Crippen molar-refractivity contribution in [2.75, 3.05) is 0 Å². The number of fused-ring (bicyclic) bond motifs is 3. The van der Waals surface area contributed by atoms with Crippen LogP contribution in [-0.2, 0) is 4.79 Å². The van der Waals surface area contributed by atoms with E-state index in [1.54, 1.807) is 12.1 Å². The average molecular weight is 299 g/mol. The molecule has 0 saturated carbocycles. The van der Waals surface area contributed by atoms with Crippen LogP contribution in [0.1, 0.15) is 10.4 Å². The highest BCUT2D eigenvalue weighted by molar-refractivity contribution is 6.33. The number of rotatable bonds is 3. The number of hydrogen-bond donors (Lipinski definition) is 1. The number of nitrogens with one attached hydrogen (secondary N) is 1. The first-order valence-corrected chi connectivity index (χ1v) is 7.37. The Morgan fingerprint density at radius 2 is 1.57 bits per heavy atom. The van der Waals surface area contributed by atoms with Gasteiger partial charge in [-0.1, -0.05) is 60.7 Å². The maximum atomic E-state index is 11.4. The molecule has 3 nitrogen and oxygen atoms in total. The van der Waals surface area contributed by atoms with Crippen LogP contribution in [0.25, 0.3) is 32.9 Å². The van der Waals surface area contributed by atoms with E-state index in [4.69, 9.17) is 0 Å². The second-order valence-corrected chi connectivity index (χ2v) is 5.46. The van der Waals surface area contributed by atoms with E-state index in [0.717, 1.165) is 22.2 Å². The normalized spacial score (nSPS) is 11.0. The van der Waals surface area contributed by atoms with Crippen LogP contribution in [0.15, 0.2) is 66.7 Å². The Labute approximate surface area is 132 Å². The lowest BCUT2D eigenvalue weighted by Gasteiger charge is -2.04. The summed E-state index contributed by atoms with van der Waals surface area (Å²) >= 11 is 0. The van der Waals surface area contributed by atoms with Crippen molar-refractivity contribution >= 4 is 33.9 Å². The van der Waals surface area contributed by atoms with Crippen molar-refractivity contribution in [3.8, 4) is 11.1 Å². The minimum absolute atomic E-state index is 0.341. The number of para-hydroxylation sites is 2. The second kappa shape index (κ2) is 5.21. The van der Waals surface area contributed by atoms with Crippen molar-refractivity contribution in [2.45, 2.75) is 0 Å². The topological polar surface area (TPSA) is 49.9 Å². The summed E-state index contributed by atoms with van der Waals surface area (Å²) in [4.78, 5) is 25.5. The third kappa shape index (κ3) is 2.14. The molecule has 23 heavy (non-hydrogen) atoms. The molecule has 0 bridgehead atoms. The Balaban J connectivity index is 1.91. The highest BCUT2D eigenvalue weighted by atomic mass is 16.2.